The van der Waals surface area contributed by atoms with Gasteiger partial charge in [0.05, 0.1) is 10.6 Å². The van der Waals surface area contributed by atoms with Gasteiger partial charge in [-0.15, -0.1) is 12.4 Å². The second-order valence-corrected chi connectivity index (χ2v) is 7.12. The summed E-state index contributed by atoms with van der Waals surface area (Å²) in [7, 11) is -4.44. The molecule has 0 bridgehead atoms. The predicted octanol–water partition coefficient (Wildman–Crippen LogP) is 3.58. The molecule has 0 spiro atoms. The van der Waals surface area contributed by atoms with Crippen LogP contribution in [0.1, 0.15) is 32.3 Å². The number of nitrogens with one attached hydrogen (secondary N) is 1. The number of benzene rings is 1. The van der Waals surface area contributed by atoms with E-state index in [-0.39, 0.29) is 19.0 Å². The van der Waals surface area contributed by atoms with Crippen molar-refractivity contribution in [3.05, 3.63) is 28.8 Å². The van der Waals surface area contributed by atoms with Gasteiger partial charge in [0.15, 0.2) is 0 Å². The maximum Gasteiger partial charge on any atom is 0.417 e. The Morgan fingerprint density at radius 2 is 1.74 bits per heavy atom. The molecule has 1 rings (SSSR count). The van der Waals surface area contributed by atoms with Gasteiger partial charge in [0.25, 0.3) is 0 Å². The highest BCUT2D eigenvalue weighted by Crippen LogP contribution is 2.37. The standard InChI is InChI=1S/C13H18ClF3N2O2S.ClH/c1-3-12(18,4-2)8-19-22(20,21)11-9(13(15,16)17)6-5-7-10(11)14;/h5-7,19H,3-4,8,18H2,1-2H3;1H. The minimum atomic E-state index is -4.83. The van der Waals surface area contributed by atoms with E-state index in [2.05, 4.69) is 4.72 Å². The zero-order valence-corrected chi connectivity index (χ0v) is 15.0. The van der Waals surface area contributed by atoms with Gasteiger partial charge in [-0.05, 0) is 25.0 Å². The van der Waals surface area contributed by atoms with Crippen molar-refractivity contribution in [3.8, 4) is 0 Å². The molecule has 0 radical (unpaired) electrons. The number of nitrogens with two attached hydrogens (primary N) is 1. The molecule has 0 unspecified atom stereocenters. The van der Waals surface area contributed by atoms with Gasteiger partial charge in [-0.25, -0.2) is 13.1 Å². The van der Waals surface area contributed by atoms with Crippen molar-refractivity contribution < 1.29 is 21.6 Å². The predicted molar refractivity (Wildman–Crippen MR) is 86.4 cm³/mol. The molecule has 0 aliphatic heterocycles. The third-order valence-corrected chi connectivity index (χ3v) is 5.49. The lowest BCUT2D eigenvalue weighted by molar-refractivity contribution is -0.139. The van der Waals surface area contributed by atoms with Crippen LogP contribution in [0.4, 0.5) is 13.2 Å². The van der Waals surface area contributed by atoms with Crippen LogP contribution in [-0.4, -0.2) is 20.5 Å². The Morgan fingerprint density at radius 1 is 1.22 bits per heavy atom. The van der Waals surface area contributed by atoms with Crippen LogP contribution in [0, 0.1) is 0 Å². The normalized spacial score (nSPS) is 12.8. The first-order valence-electron chi connectivity index (χ1n) is 6.61. The molecule has 3 N–H and O–H groups in total. The SMILES string of the molecule is CCC(N)(CC)CNS(=O)(=O)c1c(Cl)cccc1C(F)(F)F.Cl. The number of halogens is 5. The molecule has 1 aromatic rings. The van der Waals surface area contributed by atoms with Crippen molar-refractivity contribution in [1.82, 2.24) is 4.72 Å². The summed E-state index contributed by atoms with van der Waals surface area (Å²) in [6.07, 6.45) is -3.88. The Hall–Kier alpha value is -0.540. The quantitative estimate of drug-likeness (QED) is 0.774. The summed E-state index contributed by atoms with van der Waals surface area (Å²) in [5.74, 6) is 0. The monoisotopic (exact) mass is 394 g/mol. The minimum Gasteiger partial charge on any atom is -0.324 e. The lowest BCUT2D eigenvalue weighted by Gasteiger charge is -2.27. The minimum absolute atomic E-state index is 0. The van der Waals surface area contributed by atoms with Gasteiger partial charge in [0.1, 0.15) is 4.90 Å². The molecular weight excluding hydrogens is 376 g/mol. The summed E-state index contributed by atoms with van der Waals surface area (Å²) in [5.41, 5.74) is 3.83. The van der Waals surface area contributed by atoms with Gasteiger partial charge in [-0.2, -0.15) is 13.2 Å². The molecule has 0 atom stereocenters. The molecule has 0 saturated carbocycles. The van der Waals surface area contributed by atoms with E-state index in [1.54, 1.807) is 13.8 Å². The average Bonchev–Trinajstić information content (AvgIpc) is 2.43. The van der Waals surface area contributed by atoms with E-state index < -0.39 is 37.2 Å². The first-order chi connectivity index (χ1) is 9.97. The molecule has 0 saturated heterocycles. The van der Waals surface area contributed by atoms with Crippen LogP contribution >= 0.6 is 24.0 Å². The van der Waals surface area contributed by atoms with Crippen LogP contribution < -0.4 is 10.5 Å². The number of rotatable bonds is 6. The Balaban J connectivity index is 0.00000484. The fraction of sp³-hybridized carbons (Fsp3) is 0.538. The van der Waals surface area contributed by atoms with Crippen molar-refractivity contribution in [2.45, 2.75) is 43.3 Å². The van der Waals surface area contributed by atoms with Gasteiger partial charge in [0, 0.05) is 12.1 Å². The van der Waals surface area contributed by atoms with E-state index in [1.807, 2.05) is 0 Å². The van der Waals surface area contributed by atoms with Crippen LogP contribution in [0.3, 0.4) is 0 Å². The van der Waals surface area contributed by atoms with Crippen molar-refractivity contribution in [2.75, 3.05) is 6.54 Å². The Kier molecular flexibility index (Phi) is 7.84. The molecule has 0 fully saturated rings. The van der Waals surface area contributed by atoms with Crippen LogP contribution in [0.25, 0.3) is 0 Å². The number of alkyl halides is 3. The Morgan fingerprint density at radius 3 is 2.17 bits per heavy atom. The van der Waals surface area contributed by atoms with Crippen molar-refractivity contribution >= 4 is 34.0 Å². The summed E-state index contributed by atoms with van der Waals surface area (Å²) in [4.78, 5) is -0.973. The Labute approximate surface area is 145 Å². The fourth-order valence-electron chi connectivity index (χ4n) is 1.82. The number of hydrogen-bond donors (Lipinski definition) is 2. The summed E-state index contributed by atoms with van der Waals surface area (Å²) >= 11 is 5.69. The van der Waals surface area contributed by atoms with Crippen LogP contribution in [0.5, 0.6) is 0 Å². The first-order valence-corrected chi connectivity index (χ1v) is 8.47. The van der Waals surface area contributed by atoms with Crippen LogP contribution in [-0.2, 0) is 16.2 Å². The fourth-order valence-corrected chi connectivity index (χ4v) is 3.72. The van der Waals surface area contributed by atoms with Crippen molar-refractivity contribution in [1.29, 1.82) is 0 Å². The van der Waals surface area contributed by atoms with Gasteiger partial charge >= 0.3 is 6.18 Å². The highest BCUT2D eigenvalue weighted by molar-refractivity contribution is 7.89. The summed E-state index contributed by atoms with van der Waals surface area (Å²) in [6.45, 7) is 3.37. The second-order valence-electron chi connectivity index (χ2n) is 5.01. The van der Waals surface area contributed by atoms with Gasteiger partial charge < -0.3 is 5.73 Å². The lowest BCUT2D eigenvalue weighted by Crippen LogP contribution is -2.49. The molecular formula is C13H19Cl2F3N2O2S. The molecule has 134 valence electrons. The molecule has 0 heterocycles. The van der Waals surface area contributed by atoms with Crippen molar-refractivity contribution in [2.24, 2.45) is 5.73 Å². The molecule has 0 aliphatic carbocycles. The molecule has 0 aliphatic rings. The number of sulfonamides is 1. The van der Waals surface area contributed by atoms with Crippen LogP contribution in [0.2, 0.25) is 5.02 Å². The summed E-state index contributed by atoms with van der Waals surface area (Å²) in [6, 6.07) is 2.83. The topological polar surface area (TPSA) is 72.2 Å². The molecule has 0 aromatic heterocycles. The third kappa shape index (κ3) is 5.49. The highest BCUT2D eigenvalue weighted by Gasteiger charge is 2.39. The summed E-state index contributed by atoms with van der Waals surface area (Å²) in [5, 5.41) is -0.488. The number of hydrogen-bond acceptors (Lipinski definition) is 3. The first kappa shape index (κ1) is 22.5. The largest absolute Gasteiger partial charge is 0.417 e. The summed E-state index contributed by atoms with van der Waals surface area (Å²) < 4.78 is 65.6. The second kappa shape index (κ2) is 8.02. The van der Waals surface area contributed by atoms with E-state index in [9.17, 15) is 21.6 Å². The van der Waals surface area contributed by atoms with Gasteiger partial charge in [-0.1, -0.05) is 31.5 Å². The van der Waals surface area contributed by atoms with E-state index in [4.69, 9.17) is 17.3 Å². The molecule has 0 amide bonds. The smallest absolute Gasteiger partial charge is 0.324 e. The average molecular weight is 395 g/mol. The van der Waals surface area contributed by atoms with Gasteiger partial charge in [0.2, 0.25) is 10.0 Å². The maximum absolute atomic E-state index is 13.0. The zero-order valence-electron chi connectivity index (χ0n) is 12.6. The van der Waals surface area contributed by atoms with Gasteiger partial charge in [-0.3, -0.25) is 0 Å². The zero-order chi connectivity index (χ0) is 17.2. The third-order valence-electron chi connectivity index (χ3n) is 3.56. The molecule has 23 heavy (non-hydrogen) atoms. The van der Waals surface area contributed by atoms with E-state index in [1.165, 1.54) is 0 Å². The Bertz CT molecular complexity index is 633. The highest BCUT2D eigenvalue weighted by atomic mass is 35.5. The van der Waals surface area contributed by atoms with E-state index >= 15 is 0 Å². The molecule has 1 aromatic carbocycles. The lowest BCUT2D eigenvalue weighted by atomic mass is 9.95. The molecule has 4 nitrogen and oxygen atoms in total. The molecule has 10 heteroatoms. The maximum atomic E-state index is 13.0. The van der Waals surface area contributed by atoms with E-state index in [0.717, 1.165) is 12.1 Å². The van der Waals surface area contributed by atoms with Crippen molar-refractivity contribution in [3.63, 3.8) is 0 Å². The van der Waals surface area contributed by atoms with E-state index in [0.29, 0.717) is 18.9 Å². The van der Waals surface area contributed by atoms with Crippen LogP contribution in [0.15, 0.2) is 23.1 Å².